The lowest BCUT2D eigenvalue weighted by Gasteiger charge is -2.17. The van der Waals surface area contributed by atoms with Gasteiger partial charge in [0.25, 0.3) is 5.91 Å². The van der Waals surface area contributed by atoms with Crippen LogP contribution < -0.4 is 5.32 Å². The Bertz CT molecular complexity index is 797. The number of benzene rings is 2. The highest BCUT2D eigenvalue weighted by atomic mass is 35.5. The van der Waals surface area contributed by atoms with Gasteiger partial charge in [-0.3, -0.25) is 4.79 Å². The number of hydrogen-bond donors (Lipinski definition) is 1. The Morgan fingerprint density at radius 1 is 1.23 bits per heavy atom. The van der Waals surface area contributed by atoms with Gasteiger partial charge in [-0.25, -0.2) is 4.68 Å². The zero-order valence-electron chi connectivity index (χ0n) is 12.0. The molecule has 0 saturated carbocycles. The van der Waals surface area contributed by atoms with E-state index in [1.54, 1.807) is 28.9 Å². The van der Waals surface area contributed by atoms with E-state index in [0.717, 1.165) is 11.0 Å². The number of carbonyl (C=O) groups excluding carboxylic acids is 1. The molecule has 1 heterocycles. The first kappa shape index (κ1) is 14.5. The molecule has 5 nitrogen and oxygen atoms in total. The highest BCUT2D eigenvalue weighted by molar-refractivity contribution is 6.30. The molecular formula is C16H15ClN4O. The number of nitrogens with one attached hydrogen (secondary N) is 1. The van der Waals surface area contributed by atoms with E-state index in [4.69, 9.17) is 11.6 Å². The normalized spacial score (nSPS) is 12.3. The van der Waals surface area contributed by atoms with Crippen LogP contribution in [0.2, 0.25) is 5.02 Å². The van der Waals surface area contributed by atoms with Crippen LogP contribution in [0.4, 0.5) is 0 Å². The van der Waals surface area contributed by atoms with Gasteiger partial charge in [0.1, 0.15) is 11.7 Å². The van der Waals surface area contributed by atoms with E-state index in [0.29, 0.717) is 17.0 Å². The molecule has 3 aromatic rings. The summed E-state index contributed by atoms with van der Waals surface area (Å²) in [6.07, 6.45) is 0.447. The quantitative estimate of drug-likeness (QED) is 0.802. The van der Waals surface area contributed by atoms with Gasteiger partial charge >= 0.3 is 0 Å². The zero-order chi connectivity index (χ0) is 15.5. The van der Waals surface area contributed by atoms with E-state index >= 15 is 0 Å². The molecule has 2 aromatic carbocycles. The van der Waals surface area contributed by atoms with Crippen molar-refractivity contribution in [3.05, 3.63) is 59.1 Å². The second-order valence-electron chi connectivity index (χ2n) is 4.93. The van der Waals surface area contributed by atoms with Gasteiger partial charge in [-0.15, -0.1) is 5.10 Å². The Morgan fingerprint density at radius 3 is 2.68 bits per heavy atom. The second-order valence-corrected chi connectivity index (χ2v) is 5.36. The topological polar surface area (TPSA) is 59.8 Å². The van der Waals surface area contributed by atoms with Gasteiger partial charge in [0, 0.05) is 10.6 Å². The first-order valence-electron chi connectivity index (χ1n) is 7.05. The van der Waals surface area contributed by atoms with Crippen LogP contribution in [0.5, 0.6) is 0 Å². The molecule has 1 atom stereocenters. The summed E-state index contributed by atoms with van der Waals surface area (Å²) >= 11 is 5.84. The molecule has 0 aliphatic heterocycles. The number of carbonyl (C=O) groups is 1. The third-order valence-corrected chi connectivity index (χ3v) is 3.72. The molecule has 1 amide bonds. The van der Waals surface area contributed by atoms with Gasteiger partial charge in [0.05, 0.1) is 5.52 Å². The van der Waals surface area contributed by atoms with Gasteiger partial charge in [-0.1, -0.05) is 35.9 Å². The van der Waals surface area contributed by atoms with Crippen LogP contribution >= 0.6 is 11.6 Å². The molecular weight excluding hydrogens is 300 g/mol. The monoisotopic (exact) mass is 314 g/mol. The summed E-state index contributed by atoms with van der Waals surface area (Å²) in [7, 11) is 0. The van der Waals surface area contributed by atoms with Gasteiger partial charge in [-0.05, 0) is 42.8 Å². The Hall–Kier alpha value is -2.40. The van der Waals surface area contributed by atoms with Crippen LogP contribution in [-0.2, 0) is 0 Å². The summed E-state index contributed by atoms with van der Waals surface area (Å²) in [6, 6.07) is 14.5. The molecule has 0 bridgehead atoms. The lowest BCUT2D eigenvalue weighted by atomic mass is 10.2. The van der Waals surface area contributed by atoms with E-state index in [2.05, 4.69) is 15.6 Å². The summed E-state index contributed by atoms with van der Waals surface area (Å²) in [5.41, 5.74) is 2.26. The molecule has 0 aliphatic carbocycles. The number of aromatic nitrogens is 3. The largest absolute Gasteiger partial charge is 0.330 e. The average Bonchev–Trinajstić information content (AvgIpc) is 2.97. The highest BCUT2D eigenvalue weighted by Crippen LogP contribution is 2.17. The third kappa shape index (κ3) is 2.80. The molecule has 6 heteroatoms. The highest BCUT2D eigenvalue weighted by Gasteiger charge is 2.17. The van der Waals surface area contributed by atoms with Gasteiger partial charge in [0.15, 0.2) is 0 Å². The molecule has 1 N–H and O–H groups in total. The van der Waals surface area contributed by atoms with Gasteiger partial charge < -0.3 is 5.32 Å². The standard InChI is InChI=1S/C16H15ClN4O/c1-2-15(18-16(22)11-7-9-12(17)10-8-11)21-14-6-4-3-5-13(14)19-20-21/h3-10,15H,2H2,1H3,(H,18,22). The molecule has 0 fully saturated rings. The summed E-state index contributed by atoms with van der Waals surface area (Å²) < 4.78 is 1.74. The summed E-state index contributed by atoms with van der Waals surface area (Å²) in [4.78, 5) is 12.3. The fourth-order valence-corrected chi connectivity index (χ4v) is 2.42. The molecule has 0 radical (unpaired) electrons. The van der Waals surface area contributed by atoms with Crippen molar-refractivity contribution in [1.29, 1.82) is 0 Å². The van der Waals surface area contributed by atoms with Crippen molar-refractivity contribution < 1.29 is 4.79 Å². The van der Waals surface area contributed by atoms with Gasteiger partial charge in [0.2, 0.25) is 0 Å². The third-order valence-electron chi connectivity index (χ3n) is 3.46. The van der Waals surface area contributed by atoms with Crippen molar-refractivity contribution in [2.24, 2.45) is 0 Å². The maximum Gasteiger partial charge on any atom is 0.252 e. The molecule has 1 aromatic heterocycles. The maximum absolute atomic E-state index is 12.3. The first-order chi connectivity index (χ1) is 10.7. The summed E-state index contributed by atoms with van der Waals surface area (Å²) in [6.45, 7) is 1.99. The molecule has 1 unspecified atom stereocenters. The van der Waals surface area contributed by atoms with E-state index < -0.39 is 0 Å². The molecule has 0 saturated heterocycles. The number of nitrogens with zero attached hydrogens (tertiary/aromatic N) is 3. The minimum absolute atomic E-state index is 0.164. The minimum Gasteiger partial charge on any atom is -0.330 e. The minimum atomic E-state index is -0.254. The van der Waals surface area contributed by atoms with Crippen LogP contribution in [0.3, 0.4) is 0 Å². The first-order valence-corrected chi connectivity index (χ1v) is 7.43. The van der Waals surface area contributed by atoms with Crippen molar-refractivity contribution >= 4 is 28.5 Å². The fourth-order valence-electron chi connectivity index (χ4n) is 2.29. The van der Waals surface area contributed by atoms with Crippen molar-refractivity contribution in [2.75, 3.05) is 0 Å². The average molecular weight is 315 g/mol. The molecule has 112 valence electrons. The maximum atomic E-state index is 12.3. The number of amides is 1. The van der Waals surface area contributed by atoms with Crippen LogP contribution in [-0.4, -0.2) is 20.9 Å². The lowest BCUT2D eigenvalue weighted by Crippen LogP contribution is -2.32. The van der Waals surface area contributed by atoms with Crippen LogP contribution in [0.25, 0.3) is 11.0 Å². The van der Waals surface area contributed by atoms with Crippen molar-refractivity contribution in [1.82, 2.24) is 20.3 Å². The number of fused-ring (bicyclic) bond motifs is 1. The molecule has 22 heavy (non-hydrogen) atoms. The number of halogens is 1. The van der Waals surface area contributed by atoms with E-state index in [1.807, 2.05) is 31.2 Å². The van der Waals surface area contributed by atoms with Gasteiger partial charge in [-0.2, -0.15) is 0 Å². The SMILES string of the molecule is CCC(NC(=O)c1ccc(Cl)cc1)n1nnc2ccccc21. The van der Waals surface area contributed by atoms with E-state index in [1.165, 1.54) is 0 Å². The van der Waals surface area contributed by atoms with Crippen LogP contribution in [0, 0.1) is 0 Å². The number of para-hydroxylation sites is 1. The molecule has 0 spiro atoms. The summed E-state index contributed by atoms with van der Waals surface area (Å²) in [5, 5.41) is 11.9. The smallest absolute Gasteiger partial charge is 0.252 e. The predicted octanol–water partition coefficient (Wildman–Crippen LogP) is 3.42. The second kappa shape index (κ2) is 6.15. The number of rotatable bonds is 4. The molecule has 3 rings (SSSR count). The molecule has 0 aliphatic rings. The fraction of sp³-hybridized carbons (Fsp3) is 0.188. The Kier molecular flexibility index (Phi) is 4.06. The van der Waals surface area contributed by atoms with Crippen molar-refractivity contribution in [3.63, 3.8) is 0 Å². The van der Waals surface area contributed by atoms with Crippen molar-refractivity contribution in [3.8, 4) is 0 Å². The van der Waals surface area contributed by atoms with E-state index in [-0.39, 0.29) is 12.1 Å². The van der Waals surface area contributed by atoms with E-state index in [9.17, 15) is 4.79 Å². The Morgan fingerprint density at radius 2 is 1.95 bits per heavy atom. The Balaban J connectivity index is 1.85. The zero-order valence-corrected chi connectivity index (χ0v) is 12.8. The van der Waals surface area contributed by atoms with Crippen LogP contribution in [0.1, 0.15) is 29.9 Å². The predicted molar refractivity (Wildman–Crippen MR) is 85.8 cm³/mol. The van der Waals surface area contributed by atoms with Crippen molar-refractivity contribution in [2.45, 2.75) is 19.5 Å². The lowest BCUT2D eigenvalue weighted by molar-refractivity contribution is 0.0915. The van der Waals surface area contributed by atoms with Crippen LogP contribution in [0.15, 0.2) is 48.5 Å². The Labute approximate surface area is 132 Å². The number of hydrogen-bond acceptors (Lipinski definition) is 3. The summed E-state index contributed by atoms with van der Waals surface area (Å²) in [5.74, 6) is -0.164.